The van der Waals surface area contributed by atoms with E-state index < -0.39 is 14.3 Å². The average molecular weight is 262 g/mol. The number of methoxy groups -OCH3 is 1. The van der Waals surface area contributed by atoms with E-state index in [4.69, 9.17) is 9.05 Å². The zero-order valence-electron chi connectivity index (χ0n) is 11.4. The van der Waals surface area contributed by atoms with Gasteiger partial charge in [0, 0.05) is 6.16 Å². The van der Waals surface area contributed by atoms with Crippen LogP contribution in [0.4, 0.5) is 0 Å². The third-order valence-corrected chi connectivity index (χ3v) is 3.33. The Morgan fingerprint density at radius 3 is 2.35 bits per heavy atom. The highest BCUT2D eigenvalue weighted by atomic mass is 31.2. The molecule has 0 rings (SSSR count). The van der Waals surface area contributed by atoms with Gasteiger partial charge in [-0.1, -0.05) is 27.7 Å². The molecule has 0 aromatic rings. The molecular formula is C12H23O4P. The Kier molecular flexibility index (Phi) is 7.40. The molecule has 17 heavy (non-hydrogen) atoms. The third kappa shape index (κ3) is 8.17. The van der Waals surface area contributed by atoms with Crippen LogP contribution in [0, 0.1) is 5.41 Å². The zero-order chi connectivity index (χ0) is 13.5. The highest BCUT2D eigenvalue weighted by Gasteiger charge is 2.20. The minimum atomic E-state index is -1.10. The van der Waals surface area contributed by atoms with Crippen LogP contribution in [-0.4, -0.2) is 25.8 Å². The molecule has 5 heteroatoms. The van der Waals surface area contributed by atoms with Gasteiger partial charge in [0.15, 0.2) is 0 Å². The van der Waals surface area contributed by atoms with Crippen molar-refractivity contribution in [3.05, 3.63) is 12.3 Å². The van der Waals surface area contributed by atoms with E-state index >= 15 is 0 Å². The molecule has 0 bridgehead atoms. The molecule has 0 radical (unpaired) electrons. The first-order chi connectivity index (χ1) is 7.80. The third-order valence-electron chi connectivity index (χ3n) is 1.67. The second-order valence-corrected chi connectivity index (χ2v) is 6.45. The van der Waals surface area contributed by atoms with Crippen molar-refractivity contribution >= 4 is 14.3 Å². The van der Waals surface area contributed by atoms with Crippen LogP contribution in [-0.2, 0) is 18.6 Å². The van der Waals surface area contributed by atoms with E-state index in [9.17, 15) is 4.79 Å². The van der Waals surface area contributed by atoms with Crippen molar-refractivity contribution in [1.29, 1.82) is 0 Å². The summed E-state index contributed by atoms with van der Waals surface area (Å²) in [5.41, 5.74) is 0.0737. The number of hydrogen-bond donors (Lipinski definition) is 0. The van der Waals surface area contributed by atoms with Crippen molar-refractivity contribution in [3.8, 4) is 0 Å². The van der Waals surface area contributed by atoms with Gasteiger partial charge in [-0.2, -0.15) is 0 Å². The van der Waals surface area contributed by atoms with Gasteiger partial charge >= 0.3 is 5.97 Å². The summed E-state index contributed by atoms with van der Waals surface area (Å²) >= 11 is 0. The van der Waals surface area contributed by atoms with E-state index in [1.165, 1.54) is 7.11 Å². The Bertz CT molecular complexity index is 258. The maximum atomic E-state index is 11.2. The summed E-state index contributed by atoms with van der Waals surface area (Å²) < 4.78 is 15.6. The fourth-order valence-corrected chi connectivity index (χ4v) is 2.35. The van der Waals surface area contributed by atoms with Gasteiger partial charge in [-0.25, -0.2) is 4.79 Å². The van der Waals surface area contributed by atoms with E-state index in [0.29, 0.717) is 6.61 Å². The Morgan fingerprint density at radius 2 is 1.94 bits per heavy atom. The lowest BCUT2D eigenvalue weighted by atomic mass is 9.99. The predicted octanol–water partition coefficient (Wildman–Crippen LogP) is 3.47. The molecule has 0 saturated carbocycles. The van der Waals surface area contributed by atoms with Gasteiger partial charge < -0.3 is 13.8 Å². The van der Waals surface area contributed by atoms with Crippen LogP contribution >= 0.6 is 8.38 Å². The Hall–Kier alpha value is -0.600. The maximum Gasteiger partial charge on any atom is 0.373 e. The monoisotopic (exact) mass is 262 g/mol. The fraction of sp³-hybridized carbons (Fsp3) is 0.750. The molecule has 0 fully saturated rings. The summed E-state index contributed by atoms with van der Waals surface area (Å²) in [4.78, 5) is 11.2. The van der Waals surface area contributed by atoms with E-state index in [0.717, 1.165) is 12.6 Å². The SMILES string of the molecule is C=C(OP(CCC)OCC(C)(C)C)C(=O)OC. The Labute approximate surface area is 105 Å². The highest BCUT2D eigenvalue weighted by Crippen LogP contribution is 2.42. The summed E-state index contributed by atoms with van der Waals surface area (Å²) in [5, 5.41) is 0. The van der Waals surface area contributed by atoms with Crippen LogP contribution in [0.2, 0.25) is 0 Å². The van der Waals surface area contributed by atoms with Gasteiger partial charge in [-0.15, -0.1) is 0 Å². The number of carbonyl (C=O) groups excluding carboxylic acids is 1. The molecule has 0 aliphatic rings. The van der Waals surface area contributed by atoms with Gasteiger partial charge in [0.25, 0.3) is 0 Å². The fourth-order valence-electron chi connectivity index (χ4n) is 0.859. The first-order valence-electron chi connectivity index (χ1n) is 5.65. The van der Waals surface area contributed by atoms with Crippen molar-refractivity contribution < 1.29 is 18.6 Å². The number of carbonyl (C=O) groups is 1. The van der Waals surface area contributed by atoms with Crippen LogP contribution in [0.15, 0.2) is 12.3 Å². The predicted molar refractivity (Wildman–Crippen MR) is 69.7 cm³/mol. The van der Waals surface area contributed by atoms with Gasteiger partial charge in [0.05, 0.1) is 13.7 Å². The highest BCUT2D eigenvalue weighted by molar-refractivity contribution is 7.47. The molecule has 1 unspecified atom stereocenters. The van der Waals surface area contributed by atoms with E-state index in [2.05, 4.69) is 32.1 Å². The summed E-state index contributed by atoms with van der Waals surface area (Å²) in [6, 6.07) is 0. The van der Waals surface area contributed by atoms with E-state index in [1.54, 1.807) is 0 Å². The quantitative estimate of drug-likeness (QED) is 0.305. The molecule has 1 atom stereocenters. The molecule has 0 saturated heterocycles. The number of ether oxygens (including phenoxy) is 1. The number of rotatable bonds is 7. The molecule has 0 N–H and O–H groups in total. The number of hydrogen-bond acceptors (Lipinski definition) is 4. The normalized spacial score (nSPS) is 13.0. The Morgan fingerprint density at radius 1 is 1.35 bits per heavy atom. The summed E-state index contributed by atoms with van der Waals surface area (Å²) in [7, 11) is 0.198. The second-order valence-electron chi connectivity index (χ2n) is 4.90. The molecule has 0 aliphatic carbocycles. The van der Waals surface area contributed by atoms with Crippen LogP contribution in [0.3, 0.4) is 0 Å². The van der Waals surface area contributed by atoms with Crippen molar-refractivity contribution in [1.82, 2.24) is 0 Å². The molecule has 0 heterocycles. The summed E-state index contributed by atoms with van der Waals surface area (Å²) in [6.07, 6.45) is 1.71. The molecule has 0 spiro atoms. The lowest BCUT2D eigenvalue weighted by Gasteiger charge is -2.23. The molecule has 0 aliphatic heterocycles. The minimum Gasteiger partial charge on any atom is -0.463 e. The molecule has 100 valence electrons. The lowest BCUT2D eigenvalue weighted by molar-refractivity contribution is -0.138. The Balaban J connectivity index is 4.24. The standard InChI is InChI=1S/C12H23O4P/c1-7-8-17(15-9-12(3,4)5)16-10(2)11(13)14-6/h2,7-9H2,1,3-6H3. The van der Waals surface area contributed by atoms with Crippen LogP contribution in [0.1, 0.15) is 34.1 Å². The topological polar surface area (TPSA) is 44.8 Å². The molecular weight excluding hydrogens is 239 g/mol. The largest absolute Gasteiger partial charge is 0.463 e. The smallest absolute Gasteiger partial charge is 0.373 e. The van der Waals surface area contributed by atoms with E-state index in [-0.39, 0.29) is 11.2 Å². The lowest BCUT2D eigenvalue weighted by Crippen LogP contribution is -2.14. The molecule has 0 amide bonds. The average Bonchev–Trinajstić information content (AvgIpc) is 2.23. The summed E-state index contributed by atoms with van der Waals surface area (Å²) in [5.74, 6) is -0.533. The van der Waals surface area contributed by atoms with Gasteiger partial charge in [0.2, 0.25) is 14.1 Å². The van der Waals surface area contributed by atoms with Gasteiger partial charge in [-0.05, 0) is 18.4 Å². The van der Waals surface area contributed by atoms with Crippen molar-refractivity contribution in [3.63, 3.8) is 0 Å². The van der Waals surface area contributed by atoms with Gasteiger partial charge in [0.1, 0.15) is 0 Å². The van der Waals surface area contributed by atoms with Crippen LogP contribution in [0.5, 0.6) is 0 Å². The minimum absolute atomic E-state index is 0.0148. The first-order valence-corrected chi connectivity index (χ1v) is 7.02. The summed E-state index contributed by atoms with van der Waals surface area (Å²) in [6.45, 7) is 12.4. The van der Waals surface area contributed by atoms with Crippen LogP contribution < -0.4 is 0 Å². The van der Waals surface area contributed by atoms with E-state index in [1.807, 2.05) is 6.92 Å². The molecule has 0 aromatic heterocycles. The van der Waals surface area contributed by atoms with Crippen molar-refractivity contribution in [2.75, 3.05) is 19.9 Å². The zero-order valence-corrected chi connectivity index (χ0v) is 12.3. The van der Waals surface area contributed by atoms with Gasteiger partial charge in [-0.3, -0.25) is 0 Å². The van der Waals surface area contributed by atoms with Crippen LogP contribution in [0.25, 0.3) is 0 Å². The first kappa shape index (κ1) is 16.4. The molecule has 4 nitrogen and oxygen atoms in total. The number of esters is 1. The van der Waals surface area contributed by atoms with Crippen molar-refractivity contribution in [2.45, 2.75) is 34.1 Å². The second kappa shape index (κ2) is 7.67. The maximum absolute atomic E-state index is 11.2. The molecule has 0 aromatic carbocycles. The van der Waals surface area contributed by atoms with Crippen molar-refractivity contribution in [2.24, 2.45) is 5.41 Å².